The molecule has 0 spiro atoms. The minimum atomic E-state index is -0.903. The van der Waals surface area contributed by atoms with Gasteiger partial charge in [-0.25, -0.2) is 4.79 Å². The maximum Gasteiger partial charge on any atom is 0.337 e. The molecule has 92 valence electrons. The van der Waals surface area contributed by atoms with Crippen LogP contribution in [-0.2, 0) is 0 Å². The molecule has 3 nitrogen and oxygen atoms in total. The lowest BCUT2D eigenvalue weighted by atomic mass is 10.0. The van der Waals surface area contributed by atoms with Crippen LogP contribution in [-0.4, -0.2) is 23.2 Å². The maximum atomic E-state index is 11.2. The van der Waals surface area contributed by atoms with Crippen molar-refractivity contribution in [3.8, 4) is 0 Å². The van der Waals surface area contributed by atoms with E-state index in [1.165, 1.54) is 0 Å². The second kappa shape index (κ2) is 4.22. The van der Waals surface area contributed by atoms with Crippen LogP contribution in [0.1, 0.15) is 37.0 Å². The van der Waals surface area contributed by atoms with Crippen molar-refractivity contribution in [2.45, 2.75) is 32.2 Å². The third-order valence-electron chi connectivity index (χ3n) is 3.38. The molecule has 1 heterocycles. The van der Waals surface area contributed by atoms with E-state index in [4.69, 9.17) is 11.6 Å². The van der Waals surface area contributed by atoms with Crippen molar-refractivity contribution in [2.24, 2.45) is 0 Å². The van der Waals surface area contributed by atoms with Crippen molar-refractivity contribution in [3.05, 3.63) is 28.8 Å². The summed E-state index contributed by atoms with van der Waals surface area (Å²) >= 11 is 5.97. The van der Waals surface area contributed by atoms with Crippen LogP contribution in [0.5, 0.6) is 0 Å². The van der Waals surface area contributed by atoms with Gasteiger partial charge in [0.25, 0.3) is 0 Å². The number of carboxylic acids is 1. The SMILES string of the molecule is CC1(C)CCCN1c1cc(Cl)ccc1C(=O)O. The quantitative estimate of drug-likeness (QED) is 0.878. The molecule has 1 fully saturated rings. The fourth-order valence-corrected chi connectivity index (χ4v) is 2.63. The van der Waals surface area contributed by atoms with Crippen molar-refractivity contribution in [2.75, 3.05) is 11.4 Å². The first-order chi connectivity index (χ1) is 7.92. The van der Waals surface area contributed by atoms with E-state index >= 15 is 0 Å². The van der Waals surface area contributed by atoms with Gasteiger partial charge in [-0.2, -0.15) is 0 Å². The molecule has 0 unspecified atom stereocenters. The van der Waals surface area contributed by atoms with Crippen LogP contribution in [0.25, 0.3) is 0 Å². The van der Waals surface area contributed by atoms with E-state index in [0.29, 0.717) is 10.6 Å². The molecular weight excluding hydrogens is 238 g/mol. The summed E-state index contributed by atoms with van der Waals surface area (Å²) in [5.41, 5.74) is 1.05. The molecule has 2 rings (SSSR count). The molecule has 0 aliphatic carbocycles. The molecule has 1 aromatic carbocycles. The number of halogens is 1. The van der Waals surface area contributed by atoms with Crippen LogP contribution in [0.2, 0.25) is 5.02 Å². The smallest absolute Gasteiger partial charge is 0.337 e. The van der Waals surface area contributed by atoms with Gasteiger partial charge in [0.15, 0.2) is 0 Å². The first kappa shape index (κ1) is 12.2. The molecule has 0 atom stereocenters. The van der Waals surface area contributed by atoms with Crippen LogP contribution in [0.4, 0.5) is 5.69 Å². The number of carbonyl (C=O) groups is 1. The predicted octanol–water partition coefficient (Wildman–Crippen LogP) is 3.42. The van der Waals surface area contributed by atoms with E-state index in [1.807, 2.05) is 0 Å². The second-order valence-corrected chi connectivity index (χ2v) is 5.47. The zero-order valence-electron chi connectivity index (χ0n) is 10.0. The minimum Gasteiger partial charge on any atom is -0.478 e. The number of anilines is 1. The monoisotopic (exact) mass is 253 g/mol. The second-order valence-electron chi connectivity index (χ2n) is 5.03. The van der Waals surface area contributed by atoms with E-state index in [-0.39, 0.29) is 5.54 Å². The standard InChI is InChI=1S/C13H16ClNO2/c1-13(2)6-3-7-15(13)11-8-9(14)4-5-10(11)12(16)17/h4-5,8H,3,6-7H2,1-2H3,(H,16,17). The fraction of sp³-hybridized carbons (Fsp3) is 0.462. The van der Waals surface area contributed by atoms with Gasteiger partial charge in [-0.1, -0.05) is 11.6 Å². The Balaban J connectivity index is 2.50. The summed E-state index contributed by atoms with van der Waals surface area (Å²) in [6.45, 7) is 5.15. The van der Waals surface area contributed by atoms with E-state index in [9.17, 15) is 9.90 Å². The van der Waals surface area contributed by atoms with Gasteiger partial charge >= 0.3 is 5.97 Å². The maximum absolute atomic E-state index is 11.2. The lowest BCUT2D eigenvalue weighted by Gasteiger charge is -2.34. The van der Waals surface area contributed by atoms with Crippen LogP contribution >= 0.6 is 11.6 Å². The van der Waals surface area contributed by atoms with Crippen molar-refractivity contribution in [1.82, 2.24) is 0 Å². The summed E-state index contributed by atoms with van der Waals surface area (Å²) in [6, 6.07) is 4.95. The van der Waals surface area contributed by atoms with Crippen molar-refractivity contribution < 1.29 is 9.90 Å². The van der Waals surface area contributed by atoms with Gasteiger partial charge in [0, 0.05) is 17.1 Å². The van der Waals surface area contributed by atoms with E-state index in [0.717, 1.165) is 25.1 Å². The number of nitrogens with zero attached hydrogens (tertiary/aromatic N) is 1. The Morgan fingerprint density at radius 2 is 2.18 bits per heavy atom. The summed E-state index contributed by atoms with van der Waals surface area (Å²) in [6.07, 6.45) is 2.15. The molecule has 1 saturated heterocycles. The Labute approximate surface area is 106 Å². The van der Waals surface area contributed by atoms with E-state index in [2.05, 4.69) is 18.7 Å². The molecular formula is C13H16ClNO2. The highest BCUT2D eigenvalue weighted by Gasteiger charge is 2.34. The van der Waals surface area contributed by atoms with Crippen LogP contribution in [0.3, 0.4) is 0 Å². The molecule has 1 N–H and O–H groups in total. The number of hydrogen-bond acceptors (Lipinski definition) is 2. The number of hydrogen-bond donors (Lipinski definition) is 1. The lowest BCUT2D eigenvalue weighted by Crippen LogP contribution is -2.39. The Morgan fingerprint density at radius 3 is 2.71 bits per heavy atom. The number of carboxylic acid groups (broad SMARTS) is 1. The van der Waals surface area contributed by atoms with Gasteiger partial charge < -0.3 is 10.0 Å². The predicted molar refractivity (Wildman–Crippen MR) is 69.1 cm³/mol. The first-order valence-electron chi connectivity index (χ1n) is 5.72. The van der Waals surface area contributed by atoms with Gasteiger partial charge in [0.2, 0.25) is 0 Å². The van der Waals surface area contributed by atoms with Crippen LogP contribution in [0, 0.1) is 0 Å². The zero-order chi connectivity index (χ0) is 12.6. The lowest BCUT2D eigenvalue weighted by molar-refractivity contribution is 0.0697. The molecule has 1 aliphatic rings. The molecule has 4 heteroatoms. The third kappa shape index (κ3) is 2.25. The summed E-state index contributed by atoms with van der Waals surface area (Å²) in [4.78, 5) is 13.4. The van der Waals surface area contributed by atoms with Gasteiger partial charge in [0.05, 0.1) is 11.3 Å². The minimum absolute atomic E-state index is 0.00508. The molecule has 0 bridgehead atoms. The van der Waals surface area contributed by atoms with Gasteiger partial charge in [0.1, 0.15) is 0 Å². The largest absolute Gasteiger partial charge is 0.478 e. The number of aromatic carboxylic acids is 1. The van der Waals surface area contributed by atoms with Crippen molar-refractivity contribution in [3.63, 3.8) is 0 Å². The zero-order valence-corrected chi connectivity index (χ0v) is 10.8. The molecule has 0 radical (unpaired) electrons. The van der Waals surface area contributed by atoms with Crippen LogP contribution in [0.15, 0.2) is 18.2 Å². The Morgan fingerprint density at radius 1 is 1.47 bits per heavy atom. The molecule has 0 saturated carbocycles. The summed E-state index contributed by atoms with van der Waals surface area (Å²) in [5.74, 6) is -0.903. The summed E-state index contributed by atoms with van der Waals surface area (Å²) in [7, 11) is 0. The molecule has 1 aliphatic heterocycles. The topological polar surface area (TPSA) is 40.5 Å². The Bertz CT molecular complexity index is 457. The molecule has 1 aromatic rings. The normalized spacial score (nSPS) is 18.4. The Kier molecular flexibility index (Phi) is 3.04. The summed E-state index contributed by atoms with van der Waals surface area (Å²) < 4.78 is 0. The first-order valence-corrected chi connectivity index (χ1v) is 6.10. The van der Waals surface area contributed by atoms with Crippen molar-refractivity contribution >= 4 is 23.3 Å². The molecule has 0 aromatic heterocycles. The van der Waals surface area contributed by atoms with Gasteiger partial charge in [-0.3, -0.25) is 0 Å². The highest BCUT2D eigenvalue weighted by Crippen LogP contribution is 2.36. The van der Waals surface area contributed by atoms with E-state index < -0.39 is 5.97 Å². The van der Waals surface area contributed by atoms with E-state index in [1.54, 1.807) is 18.2 Å². The highest BCUT2D eigenvalue weighted by atomic mass is 35.5. The van der Waals surface area contributed by atoms with Gasteiger partial charge in [-0.05, 0) is 44.9 Å². The van der Waals surface area contributed by atoms with Crippen molar-refractivity contribution in [1.29, 1.82) is 0 Å². The fourth-order valence-electron chi connectivity index (χ4n) is 2.46. The van der Waals surface area contributed by atoms with Gasteiger partial charge in [-0.15, -0.1) is 0 Å². The third-order valence-corrected chi connectivity index (χ3v) is 3.62. The molecule has 17 heavy (non-hydrogen) atoms. The molecule has 0 amide bonds. The highest BCUT2D eigenvalue weighted by molar-refractivity contribution is 6.31. The average molecular weight is 254 g/mol. The number of benzene rings is 1. The average Bonchev–Trinajstić information content (AvgIpc) is 2.57. The van der Waals surface area contributed by atoms with Crippen LogP contribution < -0.4 is 4.90 Å². The summed E-state index contributed by atoms with van der Waals surface area (Å²) in [5, 5.41) is 9.79. The number of rotatable bonds is 2. The Hall–Kier alpha value is -1.22.